The molecule has 1 atom stereocenters. The minimum atomic E-state index is 0.120. The maximum absolute atomic E-state index is 11.4. The number of carbonyl (C=O) groups excluding carboxylic acids is 1. The zero-order chi connectivity index (χ0) is 18.9. The van der Waals surface area contributed by atoms with Crippen molar-refractivity contribution in [1.29, 1.82) is 0 Å². The third-order valence-electron chi connectivity index (χ3n) is 5.03. The van der Waals surface area contributed by atoms with Crippen LogP contribution in [0, 0.1) is 0 Å². The molecule has 1 aromatic carbocycles. The lowest BCUT2D eigenvalue weighted by Gasteiger charge is -2.20. The number of piperidine rings is 1. The van der Waals surface area contributed by atoms with E-state index >= 15 is 0 Å². The average Bonchev–Trinajstić information content (AvgIpc) is 3.39. The maximum Gasteiger partial charge on any atom is 0.220 e. The third kappa shape index (κ3) is 3.22. The van der Waals surface area contributed by atoms with Gasteiger partial charge in [0.15, 0.2) is 0 Å². The zero-order valence-corrected chi connectivity index (χ0v) is 15.1. The van der Waals surface area contributed by atoms with Crippen molar-refractivity contribution in [2.75, 3.05) is 6.54 Å². The van der Waals surface area contributed by atoms with E-state index in [0.29, 0.717) is 13.0 Å². The van der Waals surface area contributed by atoms with Crippen LogP contribution in [0.5, 0.6) is 11.5 Å². The van der Waals surface area contributed by atoms with Gasteiger partial charge in [-0.2, -0.15) is 5.10 Å². The smallest absolute Gasteiger partial charge is 0.220 e. The molecule has 0 aliphatic carbocycles. The van der Waals surface area contributed by atoms with Crippen LogP contribution < -0.4 is 10.1 Å². The topological polar surface area (TPSA) is 84.3 Å². The number of hydrogen-bond acceptors (Lipinski definition) is 4. The summed E-state index contributed by atoms with van der Waals surface area (Å²) in [4.78, 5) is 16.1. The van der Waals surface area contributed by atoms with Crippen molar-refractivity contribution >= 4 is 11.6 Å². The molecular formula is C21H19N5O2. The number of amides is 1. The average molecular weight is 373 g/mol. The first kappa shape index (κ1) is 16.6. The van der Waals surface area contributed by atoms with Gasteiger partial charge < -0.3 is 14.5 Å². The van der Waals surface area contributed by atoms with Crippen molar-refractivity contribution in [3.63, 3.8) is 0 Å². The highest BCUT2D eigenvalue weighted by atomic mass is 16.5. The molecule has 1 unspecified atom stereocenters. The van der Waals surface area contributed by atoms with E-state index in [-0.39, 0.29) is 11.8 Å². The fraction of sp³-hybridized carbons (Fsp3) is 0.190. The number of pyridine rings is 1. The molecule has 1 saturated heterocycles. The van der Waals surface area contributed by atoms with Crippen LogP contribution in [0.1, 0.15) is 24.5 Å². The van der Waals surface area contributed by atoms with Crippen molar-refractivity contribution < 1.29 is 9.53 Å². The fourth-order valence-electron chi connectivity index (χ4n) is 3.49. The van der Waals surface area contributed by atoms with Gasteiger partial charge >= 0.3 is 0 Å². The molecule has 0 saturated carbocycles. The number of nitrogens with one attached hydrogen (secondary N) is 2. The summed E-state index contributed by atoms with van der Waals surface area (Å²) in [5.74, 6) is 1.88. The highest BCUT2D eigenvalue weighted by Crippen LogP contribution is 2.27. The predicted molar refractivity (Wildman–Crippen MR) is 104 cm³/mol. The van der Waals surface area contributed by atoms with E-state index in [1.54, 1.807) is 6.20 Å². The number of fused-ring (bicyclic) bond motifs is 1. The number of H-pyrrole nitrogens is 1. The Bertz CT molecular complexity index is 1110. The summed E-state index contributed by atoms with van der Waals surface area (Å²) < 4.78 is 7.97. The predicted octanol–water partition coefficient (Wildman–Crippen LogP) is 3.51. The van der Waals surface area contributed by atoms with Crippen LogP contribution in [0.4, 0.5) is 0 Å². The van der Waals surface area contributed by atoms with Crippen molar-refractivity contribution in [1.82, 2.24) is 24.9 Å². The number of aromatic amines is 1. The van der Waals surface area contributed by atoms with Crippen LogP contribution in [0.25, 0.3) is 16.9 Å². The Hall–Kier alpha value is -3.61. The second-order valence-corrected chi connectivity index (χ2v) is 6.93. The van der Waals surface area contributed by atoms with Gasteiger partial charge in [0.25, 0.3) is 0 Å². The van der Waals surface area contributed by atoms with Crippen LogP contribution in [0.3, 0.4) is 0 Å². The van der Waals surface area contributed by atoms with Gasteiger partial charge in [-0.05, 0) is 54.4 Å². The molecule has 7 heteroatoms. The van der Waals surface area contributed by atoms with Crippen LogP contribution in [-0.4, -0.2) is 32.0 Å². The fourth-order valence-corrected chi connectivity index (χ4v) is 3.49. The Morgan fingerprint density at radius 1 is 1.04 bits per heavy atom. The van der Waals surface area contributed by atoms with E-state index in [0.717, 1.165) is 40.5 Å². The first-order valence-electron chi connectivity index (χ1n) is 9.28. The van der Waals surface area contributed by atoms with Crippen molar-refractivity contribution in [2.45, 2.75) is 18.8 Å². The first-order valence-corrected chi connectivity index (χ1v) is 9.28. The van der Waals surface area contributed by atoms with E-state index < -0.39 is 0 Å². The van der Waals surface area contributed by atoms with Gasteiger partial charge in [-0.3, -0.25) is 9.89 Å². The molecular weight excluding hydrogens is 354 g/mol. The van der Waals surface area contributed by atoms with Crippen LogP contribution in [0.15, 0.2) is 61.1 Å². The van der Waals surface area contributed by atoms with Crippen LogP contribution >= 0.6 is 0 Å². The summed E-state index contributed by atoms with van der Waals surface area (Å²) in [7, 11) is 0. The molecule has 5 rings (SSSR count). The second kappa shape index (κ2) is 6.84. The molecule has 0 bridgehead atoms. The number of ether oxygens (including phenoxy) is 1. The summed E-state index contributed by atoms with van der Waals surface area (Å²) in [5.41, 5.74) is 3.90. The van der Waals surface area contributed by atoms with Gasteiger partial charge in [0.2, 0.25) is 5.91 Å². The van der Waals surface area contributed by atoms with Crippen LogP contribution in [0.2, 0.25) is 0 Å². The molecule has 7 nitrogen and oxygen atoms in total. The SMILES string of the molecule is O=C1CCC(c2cn3cc(Oc4ccc(-c5ccn[nH]5)cc4)ccc3n2)CN1. The maximum atomic E-state index is 11.4. The minimum Gasteiger partial charge on any atom is -0.456 e. The number of benzene rings is 1. The second-order valence-electron chi connectivity index (χ2n) is 6.93. The molecule has 1 amide bonds. The van der Waals surface area contributed by atoms with Crippen molar-refractivity contribution in [2.24, 2.45) is 0 Å². The lowest BCUT2D eigenvalue weighted by Crippen LogP contribution is -2.33. The molecule has 3 aromatic heterocycles. The Labute approximate surface area is 161 Å². The largest absolute Gasteiger partial charge is 0.456 e. The van der Waals surface area contributed by atoms with Crippen molar-refractivity contribution in [3.8, 4) is 22.8 Å². The number of hydrogen-bond donors (Lipinski definition) is 2. The summed E-state index contributed by atoms with van der Waals surface area (Å²) in [6, 6.07) is 13.6. The van der Waals surface area contributed by atoms with Gasteiger partial charge in [-0.15, -0.1) is 0 Å². The molecule has 0 spiro atoms. The summed E-state index contributed by atoms with van der Waals surface area (Å²) in [6.07, 6.45) is 7.07. The van der Waals surface area contributed by atoms with Gasteiger partial charge in [-0.25, -0.2) is 4.98 Å². The molecule has 0 radical (unpaired) electrons. The van der Waals surface area contributed by atoms with Gasteiger partial charge in [0, 0.05) is 31.3 Å². The Balaban J connectivity index is 1.34. The molecule has 28 heavy (non-hydrogen) atoms. The normalized spacial score (nSPS) is 16.9. The number of aromatic nitrogens is 4. The van der Waals surface area contributed by atoms with E-state index in [9.17, 15) is 4.79 Å². The zero-order valence-electron chi connectivity index (χ0n) is 15.1. The highest BCUT2D eigenvalue weighted by molar-refractivity contribution is 5.76. The molecule has 4 heterocycles. The molecule has 1 aliphatic rings. The van der Waals surface area contributed by atoms with Gasteiger partial charge in [0.05, 0.1) is 17.6 Å². The third-order valence-corrected chi connectivity index (χ3v) is 5.03. The molecule has 1 fully saturated rings. The monoisotopic (exact) mass is 373 g/mol. The van der Waals surface area contributed by atoms with Crippen LogP contribution in [-0.2, 0) is 4.79 Å². The Kier molecular flexibility index (Phi) is 4.05. The Morgan fingerprint density at radius 2 is 1.89 bits per heavy atom. The molecule has 4 aromatic rings. The van der Waals surface area contributed by atoms with E-state index in [2.05, 4.69) is 15.5 Å². The lowest BCUT2D eigenvalue weighted by atomic mass is 9.96. The number of nitrogens with zero attached hydrogens (tertiary/aromatic N) is 3. The van der Waals surface area contributed by atoms with Gasteiger partial charge in [0.1, 0.15) is 17.1 Å². The van der Waals surface area contributed by atoms with E-state index in [1.165, 1.54) is 0 Å². The Morgan fingerprint density at radius 3 is 2.64 bits per heavy atom. The minimum absolute atomic E-state index is 0.120. The summed E-state index contributed by atoms with van der Waals surface area (Å²) in [5, 5.41) is 9.84. The quantitative estimate of drug-likeness (QED) is 0.573. The lowest BCUT2D eigenvalue weighted by molar-refractivity contribution is -0.122. The number of imidazole rings is 1. The molecule has 2 N–H and O–H groups in total. The number of rotatable bonds is 4. The highest BCUT2D eigenvalue weighted by Gasteiger charge is 2.21. The first-order chi connectivity index (χ1) is 13.7. The van der Waals surface area contributed by atoms with Gasteiger partial charge in [-0.1, -0.05) is 0 Å². The molecule has 140 valence electrons. The molecule has 1 aliphatic heterocycles. The standard InChI is InChI=1S/C21H19N5O2/c27-21-8-3-15(11-22-21)19-13-26-12-17(6-7-20(26)24-19)28-16-4-1-14(2-5-16)18-9-10-23-25-18/h1-2,4-7,9-10,12-13,15H,3,8,11H2,(H,22,27)(H,23,25). The summed E-state index contributed by atoms with van der Waals surface area (Å²) >= 11 is 0. The number of carbonyl (C=O) groups is 1. The van der Waals surface area contributed by atoms with E-state index in [4.69, 9.17) is 9.72 Å². The van der Waals surface area contributed by atoms with E-state index in [1.807, 2.05) is 59.3 Å². The van der Waals surface area contributed by atoms with Crippen molar-refractivity contribution in [3.05, 3.63) is 66.7 Å². The summed E-state index contributed by atoms with van der Waals surface area (Å²) in [6.45, 7) is 0.648.